The minimum atomic E-state index is -0.507. The van der Waals surface area contributed by atoms with Gasteiger partial charge in [-0.1, -0.05) is 41.4 Å². The molecule has 0 unspecified atom stereocenters. The van der Waals surface area contributed by atoms with Gasteiger partial charge in [0.15, 0.2) is 11.5 Å². The molecule has 0 aliphatic heterocycles. The summed E-state index contributed by atoms with van der Waals surface area (Å²) < 4.78 is 13.4. The molecule has 0 bridgehead atoms. The molecular formula is C23H18Cl2N2O4. The van der Waals surface area contributed by atoms with Crippen molar-refractivity contribution in [2.75, 3.05) is 14.2 Å². The topological polar surface area (TPSA) is 62.5 Å². The maximum absolute atomic E-state index is 13.5. The fourth-order valence-electron chi connectivity index (χ4n) is 3.51. The third kappa shape index (κ3) is 3.92. The maximum atomic E-state index is 13.5. The van der Waals surface area contributed by atoms with Crippen LogP contribution in [0.2, 0.25) is 10.0 Å². The number of ether oxygens (including phenoxy) is 2. The Balaban J connectivity index is 2.09. The Morgan fingerprint density at radius 3 is 2.13 bits per heavy atom. The second-order valence-corrected chi connectivity index (χ2v) is 7.72. The van der Waals surface area contributed by atoms with E-state index in [1.54, 1.807) is 48.5 Å². The van der Waals surface area contributed by atoms with E-state index >= 15 is 0 Å². The van der Waals surface area contributed by atoms with Crippen molar-refractivity contribution in [2.45, 2.75) is 6.54 Å². The number of halogens is 2. The van der Waals surface area contributed by atoms with Gasteiger partial charge < -0.3 is 9.47 Å². The van der Waals surface area contributed by atoms with E-state index in [9.17, 15) is 9.59 Å². The van der Waals surface area contributed by atoms with Crippen LogP contribution in [0.3, 0.4) is 0 Å². The van der Waals surface area contributed by atoms with Crippen LogP contribution < -0.4 is 20.7 Å². The third-order valence-corrected chi connectivity index (χ3v) is 5.41. The zero-order chi connectivity index (χ0) is 22.1. The van der Waals surface area contributed by atoms with E-state index in [1.807, 2.05) is 12.1 Å². The van der Waals surface area contributed by atoms with E-state index in [0.717, 1.165) is 10.1 Å². The minimum Gasteiger partial charge on any atom is -0.493 e. The van der Waals surface area contributed by atoms with E-state index in [-0.39, 0.29) is 6.54 Å². The van der Waals surface area contributed by atoms with E-state index in [2.05, 4.69) is 0 Å². The van der Waals surface area contributed by atoms with Gasteiger partial charge in [0.25, 0.3) is 5.56 Å². The van der Waals surface area contributed by atoms with E-state index in [0.29, 0.717) is 38.1 Å². The summed E-state index contributed by atoms with van der Waals surface area (Å²) in [5.41, 5.74) is 0.615. The molecule has 0 aliphatic carbocycles. The van der Waals surface area contributed by atoms with E-state index < -0.39 is 11.2 Å². The monoisotopic (exact) mass is 456 g/mol. The summed E-state index contributed by atoms with van der Waals surface area (Å²) in [6, 6.07) is 17.0. The lowest BCUT2D eigenvalue weighted by atomic mass is 10.1. The SMILES string of the molecule is COc1cc2c(=O)n(-c3cccc(Cl)c3)c(=O)n(Cc3cccc(Cl)c3)c2cc1OC. The first-order valence-corrected chi connectivity index (χ1v) is 10.1. The number of hydrogen-bond donors (Lipinski definition) is 0. The smallest absolute Gasteiger partial charge is 0.336 e. The Bertz CT molecular complexity index is 1410. The lowest BCUT2D eigenvalue weighted by Gasteiger charge is -2.17. The van der Waals surface area contributed by atoms with Gasteiger partial charge in [-0.2, -0.15) is 0 Å². The van der Waals surface area contributed by atoms with Crippen molar-refractivity contribution in [1.29, 1.82) is 0 Å². The van der Waals surface area contributed by atoms with Crippen molar-refractivity contribution in [3.8, 4) is 17.2 Å². The second-order valence-electron chi connectivity index (χ2n) is 6.84. The fourth-order valence-corrected chi connectivity index (χ4v) is 3.90. The normalized spacial score (nSPS) is 11.0. The standard InChI is InChI=1S/C23H18Cl2N2O4/c1-30-20-11-18-19(12-21(20)31-2)26(13-14-5-3-6-15(24)9-14)23(29)27(22(18)28)17-8-4-7-16(25)10-17/h3-12H,13H2,1-2H3. The molecule has 0 saturated heterocycles. The molecule has 3 aromatic carbocycles. The highest BCUT2D eigenvalue weighted by molar-refractivity contribution is 6.31. The molecule has 0 radical (unpaired) electrons. The number of rotatable bonds is 5. The van der Waals surface area contributed by atoms with Gasteiger partial charge in [-0.3, -0.25) is 9.36 Å². The third-order valence-electron chi connectivity index (χ3n) is 4.94. The molecule has 0 spiro atoms. The molecule has 0 amide bonds. The summed E-state index contributed by atoms with van der Waals surface area (Å²) in [6.07, 6.45) is 0. The van der Waals surface area contributed by atoms with Crippen molar-refractivity contribution in [2.24, 2.45) is 0 Å². The Morgan fingerprint density at radius 2 is 1.48 bits per heavy atom. The van der Waals surface area contributed by atoms with Crippen LogP contribution in [0.15, 0.2) is 70.3 Å². The van der Waals surface area contributed by atoms with Crippen molar-refractivity contribution >= 4 is 34.1 Å². The van der Waals surface area contributed by atoms with Crippen molar-refractivity contribution in [3.05, 3.63) is 97.1 Å². The van der Waals surface area contributed by atoms with Crippen LogP contribution in [0, 0.1) is 0 Å². The number of methoxy groups -OCH3 is 2. The average Bonchev–Trinajstić information content (AvgIpc) is 2.76. The van der Waals surface area contributed by atoms with Crippen LogP contribution in [0.25, 0.3) is 16.6 Å². The lowest BCUT2D eigenvalue weighted by molar-refractivity contribution is 0.355. The number of nitrogens with zero attached hydrogens (tertiary/aromatic N) is 2. The highest BCUT2D eigenvalue weighted by Gasteiger charge is 2.18. The maximum Gasteiger partial charge on any atom is 0.336 e. The van der Waals surface area contributed by atoms with Crippen molar-refractivity contribution in [1.82, 2.24) is 9.13 Å². The van der Waals surface area contributed by atoms with Gasteiger partial charge >= 0.3 is 5.69 Å². The first-order chi connectivity index (χ1) is 14.9. The Morgan fingerprint density at radius 1 is 0.839 bits per heavy atom. The first-order valence-electron chi connectivity index (χ1n) is 9.35. The highest BCUT2D eigenvalue weighted by Crippen LogP contribution is 2.31. The Hall–Kier alpha value is -3.22. The van der Waals surface area contributed by atoms with Gasteiger partial charge in [0, 0.05) is 16.1 Å². The number of aromatic nitrogens is 2. The number of benzene rings is 3. The van der Waals surface area contributed by atoms with Crippen molar-refractivity contribution < 1.29 is 9.47 Å². The van der Waals surface area contributed by atoms with Crippen LogP contribution in [-0.4, -0.2) is 23.4 Å². The molecule has 0 fully saturated rings. The predicted molar refractivity (Wildman–Crippen MR) is 122 cm³/mol. The quantitative estimate of drug-likeness (QED) is 0.442. The zero-order valence-corrected chi connectivity index (χ0v) is 18.3. The molecule has 4 rings (SSSR count). The summed E-state index contributed by atoms with van der Waals surface area (Å²) in [4.78, 5) is 26.9. The molecule has 0 saturated carbocycles. The van der Waals surface area contributed by atoms with Crippen LogP contribution in [0.1, 0.15) is 5.56 Å². The zero-order valence-electron chi connectivity index (χ0n) is 16.8. The predicted octanol–water partition coefficient (Wildman–Crippen LogP) is 4.52. The first kappa shape index (κ1) is 21.0. The summed E-state index contributed by atoms with van der Waals surface area (Å²) in [7, 11) is 2.98. The lowest BCUT2D eigenvalue weighted by Crippen LogP contribution is -2.39. The number of hydrogen-bond acceptors (Lipinski definition) is 4. The average molecular weight is 457 g/mol. The van der Waals surface area contributed by atoms with Gasteiger partial charge in [-0.15, -0.1) is 0 Å². The van der Waals surface area contributed by atoms with Gasteiger partial charge in [0.2, 0.25) is 0 Å². The van der Waals surface area contributed by atoms with Crippen LogP contribution in [0.5, 0.6) is 11.5 Å². The molecule has 1 heterocycles. The summed E-state index contributed by atoms with van der Waals surface area (Å²) in [5.74, 6) is 0.798. The van der Waals surface area contributed by atoms with E-state index in [4.69, 9.17) is 32.7 Å². The number of fused-ring (bicyclic) bond motifs is 1. The fraction of sp³-hybridized carbons (Fsp3) is 0.130. The van der Waals surface area contributed by atoms with Gasteiger partial charge in [-0.25, -0.2) is 9.36 Å². The van der Waals surface area contributed by atoms with Gasteiger partial charge in [0.1, 0.15) is 0 Å². The molecule has 158 valence electrons. The Labute approximate surface area is 187 Å². The van der Waals surface area contributed by atoms with Crippen LogP contribution in [-0.2, 0) is 6.54 Å². The minimum absolute atomic E-state index is 0.201. The van der Waals surface area contributed by atoms with E-state index in [1.165, 1.54) is 18.8 Å². The summed E-state index contributed by atoms with van der Waals surface area (Å²) in [5, 5.41) is 1.27. The summed E-state index contributed by atoms with van der Waals surface area (Å²) >= 11 is 12.2. The molecule has 6 nitrogen and oxygen atoms in total. The molecule has 0 atom stereocenters. The molecule has 4 aromatic rings. The van der Waals surface area contributed by atoms with Gasteiger partial charge in [-0.05, 0) is 42.0 Å². The Kier molecular flexibility index (Phi) is 5.76. The molecular weight excluding hydrogens is 439 g/mol. The molecule has 0 N–H and O–H groups in total. The highest BCUT2D eigenvalue weighted by atomic mass is 35.5. The van der Waals surface area contributed by atoms with Gasteiger partial charge in [0.05, 0.1) is 37.4 Å². The molecule has 1 aromatic heterocycles. The van der Waals surface area contributed by atoms with Crippen LogP contribution in [0.4, 0.5) is 0 Å². The second kappa shape index (κ2) is 8.49. The van der Waals surface area contributed by atoms with Crippen molar-refractivity contribution in [3.63, 3.8) is 0 Å². The molecule has 8 heteroatoms. The summed E-state index contributed by atoms with van der Waals surface area (Å²) in [6.45, 7) is 0.201. The molecule has 0 aliphatic rings. The largest absolute Gasteiger partial charge is 0.493 e. The van der Waals surface area contributed by atoms with Crippen LogP contribution >= 0.6 is 23.2 Å². The molecule has 31 heavy (non-hydrogen) atoms.